The van der Waals surface area contributed by atoms with Gasteiger partial charge in [-0.15, -0.1) is 10.2 Å². The van der Waals surface area contributed by atoms with Gasteiger partial charge in [-0.25, -0.2) is 0 Å². The molecular formula is C23H30N6O2. The minimum atomic E-state index is 0.114. The Morgan fingerprint density at radius 1 is 1.13 bits per heavy atom. The zero-order chi connectivity index (χ0) is 21.1. The molecule has 2 aromatic rings. The Kier molecular flexibility index (Phi) is 4.52. The van der Waals surface area contributed by atoms with Crippen molar-refractivity contribution in [2.75, 3.05) is 18.4 Å². The van der Waals surface area contributed by atoms with Crippen molar-refractivity contribution in [3.05, 3.63) is 23.9 Å². The van der Waals surface area contributed by atoms with E-state index in [1.807, 2.05) is 37.0 Å². The number of amides is 1. The molecule has 5 heterocycles. The van der Waals surface area contributed by atoms with E-state index in [0.717, 1.165) is 68.0 Å². The fraction of sp³-hybridized carbons (Fsp3) is 0.652. The fourth-order valence-corrected chi connectivity index (χ4v) is 6.39. The number of nitrogens with zero attached hydrogens (tertiary/aromatic N) is 5. The molecule has 8 nitrogen and oxygen atoms in total. The summed E-state index contributed by atoms with van der Waals surface area (Å²) in [5.74, 6) is 2.46. The molecule has 1 saturated carbocycles. The SMILES string of the molecule is Cc1cnn(C)c1-c1ccc(N[C@H]2C[C@@H]3CN(C(=O)C4CC5CCC4O5)C[C@@H]3C2)nn1. The number of likely N-dealkylation sites (tertiary alicyclic amines) is 1. The Balaban J connectivity index is 1.05. The maximum Gasteiger partial charge on any atom is 0.228 e. The average molecular weight is 423 g/mol. The van der Waals surface area contributed by atoms with Gasteiger partial charge in [-0.05, 0) is 68.6 Å². The molecule has 31 heavy (non-hydrogen) atoms. The van der Waals surface area contributed by atoms with Gasteiger partial charge in [0.15, 0.2) is 0 Å². The minimum Gasteiger partial charge on any atom is -0.374 e. The van der Waals surface area contributed by atoms with Crippen molar-refractivity contribution in [2.45, 2.75) is 57.3 Å². The van der Waals surface area contributed by atoms with Crippen LogP contribution in [0.2, 0.25) is 0 Å². The van der Waals surface area contributed by atoms with Gasteiger partial charge < -0.3 is 15.0 Å². The molecule has 1 aliphatic carbocycles. The van der Waals surface area contributed by atoms with Gasteiger partial charge >= 0.3 is 0 Å². The van der Waals surface area contributed by atoms with Crippen molar-refractivity contribution >= 4 is 11.7 Å². The lowest BCUT2D eigenvalue weighted by Gasteiger charge is -2.26. The molecule has 8 heteroatoms. The van der Waals surface area contributed by atoms with Crippen LogP contribution in [0.15, 0.2) is 18.3 Å². The summed E-state index contributed by atoms with van der Waals surface area (Å²) < 4.78 is 7.75. The topological polar surface area (TPSA) is 85.2 Å². The van der Waals surface area contributed by atoms with Gasteiger partial charge in [0.05, 0.1) is 30.0 Å². The molecule has 6 rings (SSSR count). The first-order valence-electron chi connectivity index (χ1n) is 11.6. The number of carbonyl (C=O) groups excluding carboxylic acids is 1. The number of fused-ring (bicyclic) bond motifs is 3. The van der Waals surface area contributed by atoms with Crippen molar-refractivity contribution in [2.24, 2.45) is 24.8 Å². The van der Waals surface area contributed by atoms with Crippen LogP contribution in [0.3, 0.4) is 0 Å². The van der Waals surface area contributed by atoms with Crippen LogP contribution in [0.25, 0.3) is 11.4 Å². The number of ether oxygens (including phenoxy) is 1. The second kappa shape index (κ2) is 7.29. The molecule has 0 aromatic carbocycles. The molecule has 164 valence electrons. The number of aryl methyl sites for hydroxylation is 2. The number of aromatic nitrogens is 4. The Bertz CT molecular complexity index is 955. The van der Waals surface area contributed by atoms with Crippen LogP contribution in [-0.4, -0.2) is 62.1 Å². The smallest absolute Gasteiger partial charge is 0.228 e. The Hall–Kier alpha value is -2.48. The lowest BCUT2D eigenvalue weighted by molar-refractivity contribution is -0.136. The van der Waals surface area contributed by atoms with Crippen LogP contribution in [0.4, 0.5) is 5.82 Å². The van der Waals surface area contributed by atoms with E-state index in [1.54, 1.807) is 0 Å². The van der Waals surface area contributed by atoms with E-state index in [0.29, 0.717) is 29.9 Å². The van der Waals surface area contributed by atoms with E-state index < -0.39 is 0 Å². The van der Waals surface area contributed by atoms with Crippen molar-refractivity contribution in [1.29, 1.82) is 0 Å². The summed E-state index contributed by atoms with van der Waals surface area (Å²) in [7, 11) is 1.92. The molecule has 3 aliphatic heterocycles. The molecule has 0 spiro atoms. The van der Waals surface area contributed by atoms with Gasteiger partial charge in [-0.2, -0.15) is 5.10 Å². The molecule has 4 fully saturated rings. The third kappa shape index (κ3) is 3.32. The summed E-state index contributed by atoms with van der Waals surface area (Å²) in [5, 5.41) is 16.7. The summed E-state index contributed by atoms with van der Waals surface area (Å²) in [6.07, 6.45) is 7.68. The van der Waals surface area contributed by atoms with Crippen LogP contribution < -0.4 is 5.32 Å². The van der Waals surface area contributed by atoms with Gasteiger partial charge in [0, 0.05) is 26.2 Å². The van der Waals surface area contributed by atoms with E-state index in [-0.39, 0.29) is 12.0 Å². The van der Waals surface area contributed by atoms with Crippen LogP contribution in [0.1, 0.15) is 37.7 Å². The molecule has 1 amide bonds. The lowest BCUT2D eigenvalue weighted by Crippen LogP contribution is -2.39. The molecule has 3 saturated heterocycles. The summed E-state index contributed by atoms with van der Waals surface area (Å²) in [6.45, 7) is 3.84. The minimum absolute atomic E-state index is 0.114. The molecule has 4 aliphatic rings. The number of nitrogens with one attached hydrogen (secondary N) is 1. The third-order valence-electron chi connectivity index (χ3n) is 7.87. The summed E-state index contributed by atoms with van der Waals surface area (Å²) >= 11 is 0. The highest BCUT2D eigenvalue weighted by molar-refractivity contribution is 5.80. The van der Waals surface area contributed by atoms with Gasteiger partial charge in [0.2, 0.25) is 5.91 Å². The first kappa shape index (κ1) is 19.2. The number of carbonyl (C=O) groups is 1. The standard InChI is InChI=1S/C23H30N6O2/c1-13-10-24-28(2)22(13)19-4-6-21(27-26-19)25-16-7-14-11-29(12-15(14)8-16)23(30)18-9-17-3-5-20(18)31-17/h4,6,10,14-18,20H,3,5,7-9,11-12H2,1-2H3,(H,25,27)/t14-,15+,16+,17?,18?,20?. The molecule has 2 bridgehead atoms. The summed E-state index contributed by atoms with van der Waals surface area (Å²) in [4.78, 5) is 15.2. The van der Waals surface area contributed by atoms with Crippen LogP contribution in [0.5, 0.6) is 0 Å². The second-order valence-electron chi connectivity index (χ2n) is 9.90. The molecule has 0 radical (unpaired) electrons. The highest BCUT2D eigenvalue weighted by atomic mass is 16.5. The number of hydrogen-bond donors (Lipinski definition) is 1. The van der Waals surface area contributed by atoms with Gasteiger partial charge in [0.1, 0.15) is 11.5 Å². The highest BCUT2D eigenvalue weighted by Gasteiger charge is 2.49. The van der Waals surface area contributed by atoms with E-state index in [4.69, 9.17) is 4.74 Å². The van der Waals surface area contributed by atoms with Crippen molar-refractivity contribution in [3.8, 4) is 11.4 Å². The highest BCUT2D eigenvalue weighted by Crippen LogP contribution is 2.43. The summed E-state index contributed by atoms with van der Waals surface area (Å²) in [5.41, 5.74) is 2.93. The van der Waals surface area contributed by atoms with E-state index in [2.05, 4.69) is 25.5 Å². The van der Waals surface area contributed by atoms with Crippen molar-refractivity contribution in [3.63, 3.8) is 0 Å². The van der Waals surface area contributed by atoms with E-state index in [1.165, 1.54) is 0 Å². The first-order chi connectivity index (χ1) is 15.0. The normalized spacial score (nSPS) is 33.8. The molecule has 3 unspecified atom stereocenters. The number of rotatable bonds is 4. The molecule has 2 aromatic heterocycles. The predicted molar refractivity (Wildman–Crippen MR) is 115 cm³/mol. The van der Waals surface area contributed by atoms with Gasteiger partial charge in [-0.3, -0.25) is 9.48 Å². The predicted octanol–water partition coefficient (Wildman–Crippen LogP) is 2.40. The van der Waals surface area contributed by atoms with Crippen molar-refractivity contribution < 1.29 is 9.53 Å². The lowest BCUT2D eigenvalue weighted by atomic mass is 9.88. The number of hydrogen-bond acceptors (Lipinski definition) is 6. The first-order valence-corrected chi connectivity index (χ1v) is 11.6. The average Bonchev–Trinajstić information content (AvgIpc) is 3.56. The maximum absolute atomic E-state index is 13.0. The van der Waals surface area contributed by atoms with Crippen LogP contribution >= 0.6 is 0 Å². The third-order valence-corrected chi connectivity index (χ3v) is 7.87. The monoisotopic (exact) mass is 422 g/mol. The van der Waals surface area contributed by atoms with Crippen LogP contribution in [-0.2, 0) is 16.6 Å². The zero-order valence-electron chi connectivity index (χ0n) is 18.2. The fourth-order valence-electron chi connectivity index (χ4n) is 6.39. The molecule has 1 N–H and O–H groups in total. The van der Waals surface area contributed by atoms with Crippen LogP contribution in [0, 0.1) is 24.7 Å². The largest absolute Gasteiger partial charge is 0.374 e. The van der Waals surface area contributed by atoms with Crippen molar-refractivity contribution in [1.82, 2.24) is 24.9 Å². The van der Waals surface area contributed by atoms with E-state index in [9.17, 15) is 4.79 Å². The quantitative estimate of drug-likeness (QED) is 0.815. The Morgan fingerprint density at radius 3 is 2.52 bits per heavy atom. The zero-order valence-corrected chi connectivity index (χ0v) is 18.2. The molecular weight excluding hydrogens is 392 g/mol. The Morgan fingerprint density at radius 2 is 1.94 bits per heavy atom. The summed E-state index contributed by atoms with van der Waals surface area (Å²) in [6, 6.07) is 4.41. The van der Waals surface area contributed by atoms with Gasteiger partial charge in [-0.1, -0.05) is 0 Å². The van der Waals surface area contributed by atoms with E-state index >= 15 is 0 Å². The maximum atomic E-state index is 13.0. The number of anilines is 1. The molecule has 6 atom stereocenters. The Labute approximate surface area is 182 Å². The van der Waals surface area contributed by atoms with Gasteiger partial charge in [0.25, 0.3) is 0 Å². The second-order valence-corrected chi connectivity index (χ2v) is 9.90.